The molecular weight excluding hydrogens is 350 g/mol. The van der Waals surface area contributed by atoms with Crippen molar-refractivity contribution in [3.63, 3.8) is 0 Å². The van der Waals surface area contributed by atoms with Gasteiger partial charge in [0.1, 0.15) is 6.10 Å². The highest BCUT2D eigenvalue weighted by Gasteiger charge is 2.17. The maximum atomic E-state index is 12.4. The summed E-state index contributed by atoms with van der Waals surface area (Å²) in [6.07, 6.45) is 4.50. The van der Waals surface area contributed by atoms with E-state index in [0.29, 0.717) is 23.9 Å². The number of hydrogen-bond donors (Lipinski definition) is 1. The molecule has 2 aromatic rings. The molecule has 1 fully saturated rings. The average Bonchev–Trinajstić information content (AvgIpc) is 3.14. The minimum atomic E-state index is -0.195. The minimum Gasteiger partial charge on any atom is -0.475 e. The van der Waals surface area contributed by atoms with Gasteiger partial charge in [0.15, 0.2) is 0 Å². The van der Waals surface area contributed by atoms with Crippen LogP contribution in [0.3, 0.4) is 0 Å². The second-order valence-corrected chi connectivity index (χ2v) is 7.46. The quantitative estimate of drug-likeness (QED) is 0.804. The van der Waals surface area contributed by atoms with Gasteiger partial charge in [0.25, 0.3) is 5.91 Å². The van der Waals surface area contributed by atoms with Crippen molar-refractivity contribution in [3.8, 4) is 11.8 Å². The van der Waals surface area contributed by atoms with Crippen LogP contribution in [0.4, 0.5) is 0 Å². The number of nitrogens with one attached hydrogen (secondary N) is 1. The predicted molar refractivity (Wildman–Crippen MR) is 102 cm³/mol. The number of nitrogens with zero attached hydrogens (tertiary/aromatic N) is 2. The van der Waals surface area contributed by atoms with Gasteiger partial charge >= 0.3 is 0 Å². The van der Waals surface area contributed by atoms with Crippen molar-refractivity contribution in [2.24, 2.45) is 0 Å². The van der Waals surface area contributed by atoms with E-state index in [1.54, 1.807) is 24.5 Å². The lowest BCUT2D eigenvalue weighted by atomic mass is 10.2. The number of ether oxygens (including phenoxy) is 2. The maximum Gasteiger partial charge on any atom is 0.253 e. The highest BCUT2D eigenvalue weighted by atomic mass is 32.2. The van der Waals surface area contributed by atoms with Crippen LogP contribution in [0.25, 0.3) is 0 Å². The van der Waals surface area contributed by atoms with Crippen LogP contribution >= 0.6 is 11.8 Å². The number of rotatable bonds is 7. The molecular formula is C19H23N3O3S. The predicted octanol–water partition coefficient (Wildman–Crippen LogP) is 3.08. The number of pyridine rings is 2. The van der Waals surface area contributed by atoms with Gasteiger partial charge in [-0.1, -0.05) is 6.07 Å². The topological polar surface area (TPSA) is 73.3 Å². The first-order chi connectivity index (χ1) is 12.6. The van der Waals surface area contributed by atoms with Crippen LogP contribution in [0.1, 0.15) is 36.2 Å². The highest BCUT2D eigenvalue weighted by molar-refractivity contribution is 7.99. The lowest BCUT2D eigenvalue weighted by Gasteiger charge is -2.13. The third kappa shape index (κ3) is 5.11. The summed E-state index contributed by atoms with van der Waals surface area (Å²) >= 11 is 1.89. The number of carbonyl (C=O) groups excluding carboxylic acids is 1. The summed E-state index contributed by atoms with van der Waals surface area (Å²) in [4.78, 5) is 20.8. The Morgan fingerprint density at radius 2 is 2.23 bits per heavy atom. The molecule has 1 aliphatic rings. The van der Waals surface area contributed by atoms with E-state index < -0.39 is 0 Å². The number of amides is 1. The summed E-state index contributed by atoms with van der Waals surface area (Å²) in [5.74, 6) is 3.03. The van der Waals surface area contributed by atoms with Crippen molar-refractivity contribution in [1.82, 2.24) is 15.3 Å². The van der Waals surface area contributed by atoms with Gasteiger partial charge in [-0.2, -0.15) is 11.8 Å². The Bertz CT molecular complexity index is 731. The second kappa shape index (κ2) is 8.89. The standard InChI is InChI=1S/C19H23N3O3S/c1-13(2)24-19-15(4-3-8-20-19)11-22-18(23)14-5-6-17(21-10-14)25-16-7-9-26-12-16/h3-6,8,10,13,16H,7,9,11-12H2,1-2H3,(H,22,23). The number of hydrogen-bond acceptors (Lipinski definition) is 6. The van der Waals surface area contributed by atoms with Gasteiger partial charge in [-0.15, -0.1) is 0 Å². The molecule has 1 unspecified atom stereocenters. The molecule has 1 N–H and O–H groups in total. The first kappa shape index (κ1) is 18.5. The average molecular weight is 373 g/mol. The Morgan fingerprint density at radius 1 is 1.35 bits per heavy atom. The fraction of sp³-hybridized carbons (Fsp3) is 0.421. The van der Waals surface area contributed by atoms with Crippen molar-refractivity contribution >= 4 is 17.7 Å². The van der Waals surface area contributed by atoms with Crippen LogP contribution in [-0.2, 0) is 6.54 Å². The summed E-state index contributed by atoms with van der Waals surface area (Å²) in [7, 11) is 0. The van der Waals surface area contributed by atoms with Crippen molar-refractivity contribution in [2.75, 3.05) is 11.5 Å². The zero-order chi connectivity index (χ0) is 18.4. The molecule has 2 aromatic heterocycles. The first-order valence-corrected chi connectivity index (χ1v) is 9.86. The molecule has 26 heavy (non-hydrogen) atoms. The molecule has 6 nitrogen and oxygen atoms in total. The van der Waals surface area contributed by atoms with Crippen LogP contribution in [0.2, 0.25) is 0 Å². The lowest BCUT2D eigenvalue weighted by molar-refractivity contribution is 0.0950. The Balaban J connectivity index is 1.56. The fourth-order valence-electron chi connectivity index (χ4n) is 2.53. The summed E-state index contributed by atoms with van der Waals surface area (Å²) in [6, 6.07) is 7.19. The van der Waals surface area contributed by atoms with Crippen molar-refractivity contribution < 1.29 is 14.3 Å². The number of thioether (sulfide) groups is 1. The zero-order valence-corrected chi connectivity index (χ0v) is 15.8. The van der Waals surface area contributed by atoms with E-state index in [9.17, 15) is 4.79 Å². The van der Waals surface area contributed by atoms with Crippen LogP contribution < -0.4 is 14.8 Å². The highest BCUT2D eigenvalue weighted by Crippen LogP contribution is 2.22. The SMILES string of the molecule is CC(C)Oc1ncccc1CNC(=O)c1ccc(OC2CCSC2)nc1. The van der Waals surface area contributed by atoms with E-state index in [1.807, 2.05) is 37.7 Å². The summed E-state index contributed by atoms with van der Waals surface area (Å²) in [5.41, 5.74) is 1.33. The van der Waals surface area contributed by atoms with Crippen LogP contribution in [0, 0.1) is 0 Å². The van der Waals surface area contributed by atoms with Crippen molar-refractivity contribution in [3.05, 3.63) is 47.8 Å². The van der Waals surface area contributed by atoms with E-state index >= 15 is 0 Å². The second-order valence-electron chi connectivity index (χ2n) is 6.31. The third-order valence-corrected chi connectivity index (χ3v) is 4.94. The summed E-state index contributed by atoms with van der Waals surface area (Å²) < 4.78 is 11.5. The summed E-state index contributed by atoms with van der Waals surface area (Å²) in [6.45, 7) is 4.22. The monoisotopic (exact) mass is 373 g/mol. The Hall–Kier alpha value is -2.28. The van der Waals surface area contributed by atoms with E-state index in [2.05, 4.69) is 15.3 Å². The van der Waals surface area contributed by atoms with Crippen LogP contribution in [-0.4, -0.2) is 39.6 Å². The molecule has 1 amide bonds. The molecule has 138 valence electrons. The molecule has 3 heterocycles. The molecule has 1 saturated heterocycles. The molecule has 7 heteroatoms. The van der Waals surface area contributed by atoms with Gasteiger partial charge in [0, 0.05) is 36.3 Å². The Morgan fingerprint density at radius 3 is 2.92 bits per heavy atom. The molecule has 0 aromatic carbocycles. The molecule has 0 aliphatic carbocycles. The number of carbonyl (C=O) groups is 1. The van der Waals surface area contributed by atoms with Crippen molar-refractivity contribution in [1.29, 1.82) is 0 Å². The molecule has 0 spiro atoms. The molecule has 0 radical (unpaired) electrons. The number of aromatic nitrogens is 2. The van der Waals surface area contributed by atoms with Gasteiger partial charge in [-0.25, -0.2) is 9.97 Å². The van der Waals surface area contributed by atoms with Crippen LogP contribution in [0.15, 0.2) is 36.7 Å². The fourth-order valence-corrected chi connectivity index (χ4v) is 3.62. The first-order valence-electron chi connectivity index (χ1n) is 8.71. The van der Waals surface area contributed by atoms with Crippen LogP contribution in [0.5, 0.6) is 11.8 Å². The lowest BCUT2D eigenvalue weighted by Crippen LogP contribution is -2.24. The largest absolute Gasteiger partial charge is 0.475 e. The third-order valence-electron chi connectivity index (χ3n) is 3.81. The minimum absolute atomic E-state index is 0.0226. The van der Waals surface area contributed by atoms with Gasteiger partial charge in [-0.05, 0) is 38.2 Å². The van der Waals surface area contributed by atoms with Gasteiger partial charge < -0.3 is 14.8 Å². The zero-order valence-electron chi connectivity index (χ0n) is 15.0. The van der Waals surface area contributed by atoms with E-state index in [4.69, 9.17) is 9.47 Å². The normalized spacial score (nSPS) is 16.5. The molecule has 1 atom stereocenters. The van der Waals surface area contributed by atoms with E-state index in [-0.39, 0.29) is 18.1 Å². The van der Waals surface area contributed by atoms with E-state index in [0.717, 1.165) is 23.5 Å². The molecule has 3 rings (SSSR count). The van der Waals surface area contributed by atoms with Gasteiger partial charge in [0.2, 0.25) is 11.8 Å². The summed E-state index contributed by atoms with van der Waals surface area (Å²) in [5, 5.41) is 2.88. The maximum absolute atomic E-state index is 12.4. The van der Waals surface area contributed by atoms with E-state index in [1.165, 1.54) is 0 Å². The Labute approximate surface area is 157 Å². The Kier molecular flexibility index (Phi) is 6.33. The molecule has 0 saturated carbocycles. The molecule has 0 bridgehead atoms. The van der Waals surface area contributed by atoms with Crippen molar-refractivity contribution in [2.45, 2.75) is 39.0 Å². The smallest absolute Gasteiger partial charge is 0.253 e. The van der Waals surface area contributed by atoms with Gasteiger partial charge in [-0.3, -0.25) is 4.79 Å². The molecule has 1 aliphatic heterocycles. The van der Waals surface area contributed by atoms with Gasteiger partial charge in [0.05, 0.1) is 11.7 Å².